The summed E-state index contributed by atoms with van der Waals surface area (Å²) in [6.07, 6.45) is -0.806. The van der Waals surface area contributed by atoms with Gasteiger partial charge in [0.05, 0.1) is 22.8 Å². The van der Waals surface area contributed by atoms with Gasteiger partial charge < -0.3 is 9.47 Å². The van der Waals surface area contributed by atoms with Crippen LogP contribution in [0, 0.1) is 26.2 Å². The van der Waals surface area contributed by atoms with Crippen molar-refractivity contribution in [2.45, 2.75) is 53.7 Å². The molecule has 1 unspecified atom stereocenters. The van der Waals surface area contributed by atoms with Gasteiger partial charge in [0.2, 0.25) is 0 Å². The predicted molar refractivity (Wildman–Crippen MR) is 76.6 cm³/mol. The van der Waals surface area contributed by atoms with Gasteiger partial charge in [0.1, 0.15) is 6.61 Å². The number of rotatable bonds is 3. The van der Waals surface area contributed by atoms with Crippen LogP contribution in [-0.4, -0.2) is 21.7 Å². The molecular weight excluding hydrogens is 280 g/mol. The minimum Gasteiger partial charge on any atom is -0.428 e. The van der Waals surface area contributed by atoms with E-state index < -0.39 is 11.7 Å². The van der Waals surface area contributed by atoms with Crippen molar-refractivity contribution in [2.75, 3.05) is 0 Å². The number of nitrogens with zero attached hydrogens (tertiary/aromatic N) is 2. The molecule has 0 aliphatic carbocycles. The largest absolute Gasteiger partial charge is 0.510 e. The van der Waals surface area contributed by atoms with Gasteiger partial charge in [0, 0.05) is 5.41 Å². The molecule has 1 heterocycles. The lowest BCUT2D eigenvalue weighted by Crippen LogP contribution is -2.27. The number of ether oxygens (including phenoxy) is 2. The SMILES string of the molecule is Cc1nc(C)c(COC(=O)OC(Cl)C(C)(C)C)nc1C. The molecule has 0 spiro atoms. The standard InChI is InChI=1S/C14H21ClN2O3/c1-8-9(2)17-11(10(3)16-8)7-19-13(18)20-12(15)14(4,5)6/h12H,7H2,1-6H3. The van der Waals surface area contributed by atoms with Crippen LogP contribution in [0.3, 0.4) is 0 Å². The summed E-state index contributed by atoms with van der Waals surface area (Å²) in [6, 6.07) is 0. The van der Waals surface area contributed by atoms with E-state index in [1.165, 1.54) is 0 Å². The Morgan fingerprint density at radius 2 is 1.70 bits per heavy atom. The van der Waals surface area contributed by atoms with E-state index in [1.807, 2.05) is 41.5 Å². The summed E-state index contributed by atoms with van der Waals surface area (Å²) in [5.74, 6) is 0. The van der Waals surface area contributed by atoms with E-state index in [4.69, 9.17) is 21.1 Å². The molecule has 1 atom stereocenters. The lowest BCUT2D eigenvalue weighted by Gasteiger charge is -2.24. The van der Waals surface area contributed by atoms with E-state index in [0.717, 1.165) is 17.1 Å². The Morgan fingerprint density at radius 3 is 2.25 bits per heavy atom. The maximum absolute atomic E-state index is 11.6. The number of hydrogen-bond acceptors (Lipinski definition) is 5. The maximum Gasteiger partial charge on any atom is 0.510 e. The molecule has 0 radical (unpaired) electrons. The molecule has 0 saturated heterocycles. The fourth-order valence-electron chi connectivity index (χ4n) is 1.32. The van der Waals surface area contributed by atoms with Crippen LogP contribution in [0.1, 0.15) is 43.5 Å². The van der Waals surface area contributed by atoms with Gasteiger partial charge in [-0.05, 0) is 20.8 Å². The zero-order valence-corrected chi connectivity index (χ0v) is 13.5. The number of halogens is 1. The zero-order valence-electron chi connectivity index (χ0n) is 12.8. The Labute approximate surface area is 124 Å². The van der Waals surface area contributed by atoms with Gasteiger partial charge in [-0.2, -0.15) is 0 Å². The normalized spacial score (nSPS) is 12.9. The van der Waals surface area contributed by atoms with Crippen LogP contribution in [0.5, 0.6) is 0 Å². The van der Waals surface area contributed by atoms with E-state index in [9.17, 15) is 4.79 Å². The third-order valence-corrected chi connectivity index (χ3v) is 3.53. The van der Waals surface area contributed by atoms with E-state index >= 15 is 0 Å². The molecule has 0 fully saturated rings. The minimum absolute atomic E-state index is 0.0204. The van der Waals surface area contributed by atoms with E-state index in [-0.39, 0.29) is 12.0 Å². The maximum atomic E-state index is 11.6. The van der Waals surface area contributed by atoms with Gasteiger partial charge in [-0.25, -0.2) is 4.79 Å². The van der Waals surface area contributed by atoms with Crippen molar-refractivity contribution in [3.63, 3.8) is 0 Å². The van der Waals surface area contributed by atoms with Crippen LogP contribution >= 0.6 is 11.6 Å². The van der Waals surface area contributed by atoms with Crippen LogP contribution < -0.4 is 0 Å². The van der Waals surface area contributed by atoms with Gasteiger partial charge >= 0.3 is 6.16 Å². The molecule has 1 aromatic rings. The third kappa shape index (κ3) is 4.63. The second-order valence-corrected chi connectivity index (χ2v) is 6.16. The quantitative estimate of drug-likeness (QED) is 0.629. The lowest BCUT2D eigenvalue weighted by molar-refractivity contribution is 0.0122. The molecule has 1 aromatic heterocycles. The highest BCUT2D eigenvalue weighted by Crippen LogP contribution is 2.25. The number of carbonyl (C=O) groups excluding carboxylic acids is 1. The Morgan fingerprint density at radius 1 is 1.15 bits per heavy atom. The fourth-order valence-corrected chi connectivity index (χ4v) is 1.39. The van der Waals surface area contributed by atoms with E-state index in [1.54, 1.807) is 0 Å². The van der Waals surface area contributed by atoms with Gasteiger partial charge in [-0.1, -0.05) is 32.4 Å². The molecule has 20 heavy (non-hydrogen) atoms. The van der Waals surface area contributed by atoms with Crippen molar-refractivity contribution in [2.24, 2.45) is 5.41 Å². The highest BCUT2D eigenvalue weighted by Gasteiger charge is 2.26. The molecule has 0 aliphatic heterocycles. The number of aromatic nitrogens is 2. The Bertz CT molecular complexity index is 498. The first-order chi connectivity index (χ1) is 9.11. The molecule has 0 aliphatic rings. The zero-order chi connectivity index (χ0) is 15.5. The van der Waals surface area contributed by atoms with Gasteiger partial charge in [0.15, 0.2) is 5.56 Å². The molecule has 1 rings (SSSR count). The first-order valence-corrected chi connectivity index (χ1v) is 6.83. The van der Waals surface area contributed by atoms with Crippen molar-refractivity contribution < 1.29 is 14.3 Å². The summed E-state index contributed by atoms with van der Waals surface area (Å²) >= 11 is 5.96. The first-order valence-electron chi connectivity index (χ1n) is 6.39. The topological polar surface area (TPSA) is 61.3 Å². The number of aryl methyl sites for hydroxylation is 3. The van der Waals surface area contributed by atoms with Crippen LogP contribution in [-0.2, 0) is 16.1 Å². The molecule has 6 heteroatoms. The van der Waals surface area contributed by atoms with Gasteiger partial charge in [0.25, 0.3) is 0 Å². The second-order valence-electron chi connectivity index (χ2n) is 5.77. The third-order valence-electron chi connectivity index (χ3n) is 2.79. The van der Waals surface area contributed by atoms with Gasteiger partial charge in [-0.3, -0.25) is 9.97 Å². The van der Waals surface area contributed by atoms with Crippen LogP contribution in [0.2, 0.25) is 0 Å². The Kier molecular flexibility index (Phi) is 5.34. The van der Waals surface area contributed by atoms with E-state index in [0.29, 0.717) is 5.69 Å². The molecule has 0 bridgehead atoms. The van der Waals surface area contributed by atoms with Crippen LogP contribution in [0.4, 0.5) is 4.79 Å². The van der Waals surface area contributed by atoms with Crippen molar-refractivity contribution in [3.8, 4) is 0 Å². The Balaban J connectivity index is 2.60. The van der Waals surface area contributed by atoms with Crippen LogP contribution in [0.15, 0.2) is 0 Å². The van der Waals surface area contributed by atoms with Gasteiger partial charge in [-0.15, -0.1) is 0 Å². The second kappa shape index (κ2) is 6.39. The number of carbonyl (C=O) groups is 1. The summed E-state index contributed by atoms with van der Waals surface area (Å²) < 4.78 is 10.0. The van der Waals surface area contributed by atoms with Crippen molar-refractivity contribution >= 4 is 17.8 Å². The monoisotopic (exact) mass is 300 g/mol. The van der Waals surface area contributed by atoms with Crippen molar-refractivity contribution in [1.29, 1.82) is 0 Å². The average molecular weight is 301 g/mol. The van der Waals surface area contributed by atoms with E-state index in [2.05, 4.69) is 9.97 Å². The average Bonchev–Trinajstić information content (AvgIpc) is 2.31. The van der Waals surface area contributed by atoms with Crippen molar-refractivity contribution in [1.82, 2.24) is 9.97 Å². The lowest BCUT2D eigenvalue weighted by atomic mass is 9.98. The molecule has 0 amide bonds. The molecule has 112 valence electrons. The summed E-state index contributed by atoms with van der Waals surface area (Å²) in [5, 5.41) is 0. The molecule has 0 saturated carbocycles. The summed E-state index contributed by atoms with van der Waals surface area (Å²) in [7, 11) is 0. The molecule has 0 aromatic carbocycles. The highest BCUT2D eigenvalue weighted by atomic mass is 35.5. The molecule has 5 nitrogen and oxygen atoms in total. The number of alkyl halides is 1. The number of hydrogen-bond donors (Lipinski definition) is 0. The summed E-state index contributed by atoms with van der Waals surface area (Å²) in [5.41, 5.74) is 1.93. The minimum atomic E-state index is -0.806. The molecule has 0 N–H and O–H groups in total. The first kappa shape index (κ1) is 16.7. The fraction of sp³-hybridized carbons (Fsp3) is 0.643. The Hall–Kier alpha value is -1.36. The highest BCUT2D eigenvalue weighted by molar-refractivity contribution is 6.20. The summed E-state index contributed by atoms with van der Waals surface area (Å²) in [6.45, 7) is 11.2. The van der Waals surface area contributed by atoms with Crippen LogP contribution in [0.25, 0.3) is 0 Å². The van der Waals surface area contributed by atoms with Crippen molar-refractivity contribution in [3.05, 3.63) is 22.8 Å². The molecular formula is C14H21ClN2O3. The predicted octanol–water partition coefficient (Wildman–Crippen LogP) is 3.67. The summed E-state index contributed by atoms with van der Waals surface area (Å²) in [4.78, 5) is 20.2. The smallest absolute Gasteiger partial charge is 0.428 e.